The van der Waals surface area contributed by atoms with E-state index in [2.05, 4.69) is 15.3 Å². The normalized spacial score (nSPS) is 17.6. The zero-order valence-electron chi connectivity index (χ0n) is 20.9. The Morgan fingerprint density at radius 1 is 1.16 bits per heavy atom. The Morgan fingerprint density at radius 2 is 1.89 bits per heavy atom. The molecule has 2 aromatic heterocycles. The summed E-state index contributed by atoms with van der Waals surface area (Å²) in [5.41, 5.74) is 6.10. The lowest BCUT2D eigenvalue weighted by molar-refractivity contribution is -0.156. The number of nitrogens with zero attached hydrogens (tertiary/aromatic N) is 5. The molecule has 13 heteroatoms. The van der Waals surface area contributed by atoms with Crippen molar-refractivity contribution in [2.45, 2.75) is 31.8 Å². The van der Waals surface area contributed by atoms with Gasteiger partial charge in [-0.2, -0.15) is 0 Å². The SMILES string of the molecule is CCC(NC(=O)N1C(=O)[C@H](Cc2ccnc(N)c2)[C@H]1C(=O)N(C)c1nccn1C)c1ccc(F)c(F)c1F. The highest BCUT2D eigenvalue weighted by Crippen LogP contribution is 2.33. The van der Waals surface area contributed by atoms with Gasteiger partial charge in [-0.1, -0.05) is 13.0 Å². The molecule has 1 saturated heterocycles. The summed E-state index contributed by atoms with van der Waals surface area (Å²) < 4.78 is 43.3. The maximum absolute atomic E-state index is 14.4. The molecule has 0 aliphatic carbocycles. The van der Waals surface area contributed by atoms with Crippen molar-refractivity contribution in [1.82, 2.24) is 24.8 Å². The van der Waals surface area contributed by atoms with Crippen molar-refractivity contribution < 1.29 is 27.6 Å². The van der Waals surface area contributed by atoms with Crippen LogP contribution in [-0.4, -0.2) is 50.4 Å². The van der Waals surface area contributed by atoms with Crippen molar-refractivity contribution in [2.75, 3.05) is 17.7 Å². The standard InChI is InChI=1S/C25H26F3N7O3/c1-4-17(14-5-6-16(26)20(28)19(14)27)32-25(38)35-21(23(37)34(3)24-31-9-10-33(24)2)15(22(35)36)11-13-7-8-30-18(29)12-13/h5-10,12,15,17,21H,4,11H2,1-3H3,(H2,29,30)(H,32,38)/t15-,17?,21+/m1/s1. The number of imide groups is 1. The van der Waals surface area contributed by atoms with Gasteiger partial charge in [0, 0.05) is 38.2 Å². The molecule has 4 rings (SSSR count). The number of hydrogen-bond donors (Lipinski definition) is 2. The molecule has 3 aromatic rings. The number of aryl methyl sites for hydroxylation is 1. The molecule has 0 bridgehead atoms. The van der Waals surface area contributed by atoms with Crippen LogP contribution < -0.4 is 16.0 Å². The maximum Gasteiger partial charge on any atom is 0.325 e. The van der Waals surface area contributed by atoms with Crippen LogP contribution in [0.2, 0.25) is 0 Å². The number of rotatable bonds is 7. The maximum atomic E-state index is 14.4. The summed E-state index contributed by atoms with van der Waals surface area (Å²) in [4.78, 5) is 50.1. The van der Waals surface area contributed by atoms with E-state index < -0.39 is 53.3 Å². The van der Waals surface area contributed by atoms with Gasteiger partial charge in [0.05, 0.1) is 12.0 Å². The number of anilines is 2. The molecular weight excluding hydrogens is 503 g/mol. The molecule has 1 aliphatic heterocycles. The molecule has 1 aromatic carbocycles. The molecule has 38 heavy (non-hydrogen) atoms. The fraction of sp³-hybridized carbons (Fsp3) is 0.320. The van der Waals surface area contributed by atoms with Crippen LogP contribution in [0.25, 0.3) is 0 Å². The topological polar surface area (TPSA) is 126 Å². The molecule has 0 saturated carbocycles. The molecule has 1 fully saturated rings. The number of amides is 4. The number of nitrogens with two attached hydrogens (primary N) is 1. The summed E-state index contributed by atoms with van der Waals surface area (Å²) >= 11 is 0. The quantitative estimate of drug-likeness (QED) is 0.358. The van der Waals surface area contributed by atoms with Crippen LogP contribution in [0.4, 0.5) is 29.7 Å². The van der Waals surface area contributed by atoms with Crippen LogP contribution in [0.5, 0.6) is 0 Å². The Labute approximate surface area is 216 Å². The molecule has 0 spiro atoms. The van der Waals surface area contributed by atoms with Crippen molar-refractivity contribution in [2.24, 2.45) is 13.0 Å². The molecule has 3 atom stereocenters. The number of hydrogen-bond acceptors (Lipinski definition) is 6. The Morgan fingerprint density at radius 3 is 2.53 bits per heavy atom. The van der Waals surface area contributed by atoms with E-state index in [0.29, 0.717) is 5.56 Å². The monoisotopic (exact) mass is 529 g/mol. The summed E-state index contributed by atoms with van der Waals surface area (Å²) in [6, 6.07) is 1.71. The first kappa shape index (κ1) is 26.6. The van der Waals surface area contributed by atoms with Crippen molar-refractivity contribution in [3.63, 3.8) is 0 Å². The Bertz CT molecular complexity index is 1400. The number of imidazole rings is 1. The van der Waals surface area contributed by atoms with E-state index in [1.807, 2.05) is 0 Å². The van der Waals surface area contributed by atoms with Gasteiger partial charge in [-0.3, -0.25) is 19.4 Å². The second-order valence-electron chi connectivity index (χ2n) is 8.96. The van der Waals surface area contributed by atoms with Crippen LogP contribution in [-0.2, 0) is 23.1 Å². The fourth-order valence-corrected chi connectivity index (χ4v) is 4.54. The highest BCUT2D eigenvalue weighted by molar-refractivity contribution is 6.12. The average molecular weight is 530 g/mol. The van der Waals surface area contributed by atoms with E-state index in [4.69, 9.17) is 5.73 Å². The molecule has 1 aliphatic rings. The molecule has 1 unspecified atom stereocenters. The molecule has 3 N–H and O–H groups in total. The number of β-lactam (4-membered cyclic amide) rings is 1. The van der Waals surface area contributed by atoms with Gasteiger partial charge in [0.2, 0.25) is 11.9 Å². The van der Waals surface area contributed by atoms with Crippen molar-refractivity contribution in [3.05, 3.63) is 71.4 Å². The first-order chi connectivity index (χ1) is 18.0. The van der Waals surface area contributed by atoms with Crippen molar-refractivity contribution in [1.29, 1.82) is 0 Å². The second-order valence-corrected chi connectivity index (χ2v) is 8.96. The number of likely N-dealkylation sites (N-methyl/N-ethyl adjacent to an activating group) is 1. The number of nitrogen functional groups attached to an aromatic ring is 1. The van der Waals surface area contributed by atoms with E-state index in [1.165, 1.54) is 24.3 Å². The van der Waals surface area contributed by atoms with Crippen LogP contribution in [0, 0.1) is 23.4 Å². The number of urea groups is 1. The molecule has 4 amide bonds. The minimum absolute atomic E-state index is 0.0985. The predicted molar refractivity (Wildman–Crippen MR) is 131 cm³/mol. The lowest BCUT2D eigenvalue weighted by Crippen LogP contribution is -2.70. The average Bonchev–Trinajstić information content (AvgIpc) is 3.32. The number of halogens is 3. The predicted octanol–water partition coefficient (Wildman–Crippen LogP) is 2.71. The van der Waals surface area contributed by atoms with Crippen LogP contribution >= 0.6 is 0 Å². The third kappa shape index (κ3) is 4.78. The summed E-state index contributed by atoms with van der Waals surface area (Å²) in [7, 11) is 3.15. The van der Waals surface area contributed by atoms with E-state index in [9.17, 15) is 27.6 Å². The van der Waals surface area contributed by atoms with Gasteiger partial charge >= 0.3 is 6.03 Å². The number of carbonyl (C=O) groups is 3. The van der Waals surface area contributed by atoms with Crippen LogP contribution in [0.3, 0.4) is 0 Å². The molecule has 10 nitrogen and oxygen atoms in total. The van der Waals surface area contributed by atoms with Gasteiger partial charge in [-0.15, -0.1) is 0 Å². The summed E-state index contributed by atoms with van der Waals surface area (Å²) in [5, 5.41) is 2.48. The minimum Gasteiger partial charge on any atom is -0.384 e. The van der Waals surface area contributed by atoms with Gasteiger partial charge in [-0.25, -0.2) is 27.9 Å². The summed E-state index contributed by atoms with van der Waals surface area (Å²) in [6.07, 6.45) is 4.80. The van der Waals surface area contributed by atoms with Gasteiger partial charge in [0.1, 0.15) is 11.9 Å². The summed E-state index contributed by atoms with van der Waals surface area (Å²) in [6.45, 7) is 1.59. The smallest absolute Gasteiger partial charge is 0.325 e. The number of nitrogens with one attached hydrogen (secondary N) is 1. The Hall–Kier alpha value is -4.42. The highest BCUT2D eigenvalue weighted by Gasteiger charge is 2.55. The van der Waals surface area contributed by atoms with Gasteiger partial charge in [0.15, 0.2) is 17.5 Å². The molecule has 0 radical (unpaired) electrons. The number of aromatic nitrogens is 3. The van der Waals surface area contributed by atoms with Gasteiger partial charge in [0.25, 0.3) is 5.91 Å². The third-order valence-electron chi connectivity index (χ3n) is 6.56. The van der Waals surface area contributed by atoms with E-state index in [0.717, 1.165) is 17.0 Å². The second kappa shape index (κ2) is 10.5. The Balaban J connectivity index is 1.63. The Kier molecular flexibility index (Phi) is 7.37. The van der Waals surface area contributed by atoms with Crippen molar-refractivity contribution in [3.8, 4) is 0 Å². The first-order valence-corrected chi connectivity index (χ1v) is 11.8. The number of benzene rings is 1. The zero-order chi connectivity index (χ0) is 27.7. The number of pyridine rings is 1. The number of likely N-dealkylation sites (tertiary alicyclic amines) is 1. The molecular formula is C25H26F3N7O3. The lowest BCUT2D eigenvalue weighted by atomic mass is 9.81. The molecule has 200 valence electrons. The third-order valence-corrected chi connectivity index (χ3v) is 6.56. The number of carbonyl (C=O) groups excluding carboxylic acids is 3. The summed E-state index contributed by atoms with van der Waals surface area (Å²) in [5.74, 6) is -6.07. The van der Waals surface area contributed by atoms with Gasteiger partial charge in [-0.05, 0) is 36.6 Å². The van der Waals surface area contributed by atoms with E-state index in [-0.39, 0.29) is 30.2 Å². The van der Waals surface area contributed by atoms with Crippen LogP contribution in [0.1, 0.15) is 30.5 Å². The highest BCUT2D eigenvalue weighted by atomic mass is 19.2. The largest absolute Gasteiger partial charge is 0.384 e. The lowest BCUT2D eigenvalue weighted by Gasteiger charge is -2.45. The fourth-order valence-electron chi connectivity index (χ4n) is 4.54. The molecule has 3 heterocycles. The van der Waals surface area contributed by atoms with Crippen molar-refractivity contribution >= 4 is 29.6 Å². The van der Waals surface area contributed by atoms with E-state index >= 15 is 0 Å². The van der Waals surface area contributed by atoms with Crippen LogP contribution in [0.15, 0.2) is 42.9 Å². The van der Waals surface area contributed by atoms with Gasteiger partial charge < -0.3 is 15.6 Å². The first-order valence-electron chi connectivity index (χ1n) is 11.8. The van der Waals surface area contributed by atoms with E-state index in [1.54, 1.807) is 36.9 Å². The zero-order valence-corrected chi connectivity index (χ0v) is 20.9. The minimum atomic E-state index is -1.67.